The number of amides is 1. The van der Waals surface area contributed by atoms with Crippen LogP contribution in [0.25, 0.3) is 10.8 Å². The van der Waals surface area contributed by atoms with Gasteiger partial charge in [-0.25, -0.2) is 0 Å². The van der Waals surface area contributed by atoms with E-state index in [-0.39, 0.29) is 18.2 Å². The molecule has 1 atom stereocenters. The van der Waals surface area contributed by atoms with Crippen molar-refractivity contribution >= 4 is 44.3 Å². The number of aryl methyl sites for hydroxylation is 1. The van der Waals surface area contributed by atoms with Gasteiger partial charge in [-0.1, -0.05) is 70.5 Å². The molecule has 1 unspecified atom stereocenters. The van der Waals surface area contributed by atoms with E-state index in [1.807, 2.05) is 91.9 Å². The fraction of sp³-hybridized carbons (Fsp3) is 0.200. The lowest BCUT2D eigenvalue weighted by Crippen LogP contribution is -2.20. The maximum atomic E-state index is 13.4. The number of carboxylic acid groups (broad SMARTS) is 1. The lowest BCUT2D eigenvalue weighted by atomic mass is 9.94. The zero-order valence-electron chi connectivity index (χ0n) is 20.0. The number of rotatable bonds is 10. The van der Waals surface area contributed by atoms with Gasteiger partial charge in [0, 0.05) is 16.6 Å². The number of nitrogens with one attached hydrogen (secondary N) is 1. The molecule has 4 aromatic carbocycles. The quantitative estimate of drug-likeness (QED) is 0.218. The first-order valence-electron chi connectivity index (χ1n) is 11.9. The van der Waals surface area contributed by atoms with E-state index >= 15 is 0 Å². The monoisotopic (exact) mass is 545 g/mol. The van der Waals surface area contributed by atoms with Gasteiger partial charge in [-0.15, -0.1) is 0 Å². The van der Waals surface area contributed by atoms with E-state index in [9.17, 15) is 9.59 Å². The Balaban J connectivity index is 1.55. The third kappa shape index (κ3) is 6.52. The summed E-state index contributed by atoms with van der Waals surface area (Å²) in [6.07, 6.45) is 1.12. The van der Waals surface area contributed by atoms with Crippen molar-refractivity contribution in [2.24, 2.45) is 0 Å². The van der Waals surface area contributed by atoms with Crippen molar-refractivity contribution in [1.82, 2.24) is 0 Å². The Bertz CT molecular complexity index is 1360. The van der Waals surface area contributed by atoms with E-state index in [4.69, 9.17) is 9.84 Å². The average Bonchev–Trinajstić information content (AvgIpc) is 2.88. The van der Waals surface area contributed by atoms with E-state index < -0.39 is 5.97 Å². The molecule has 0 spiro atoms. The van der Waals surface area contributed by atoms with Crippen LogP contribution in [0.1, 0.15) is 42.4 Å². The van der Waals surface area contributed by atoms with Crippen LogP contribution in [-0.4, -0.2) is 17.0 Å². The fourth-order valence-electron chi connectivity index (χ4n) is 4.19. The highest BCUT2D eigenvalue weighted by molar-refractivity contribution is 9.10. The van der Waals surface area contributed by atoms with Gasteiger partial charge in [-0.05, 0) is 77.6 Å². The summed E-state index contributed by atoms with van der Waals surface area (Å²) in [5.74, 6) is -0.564. The van der Waals surface area contributed by atoms with Crippen LogP contribution in [0.4, 0.5) is 5.69 Å². The van der Waals surface area contributed by atoms with Gasteiger partial charge < -0.3 is 15.2 Å². The van der Waals surface area contributed by atoms with E-state index in [0.29, 0.717) is 25.1 Å². The third-order valence-corrected chi connectivity index (χ3v) is 6.70. The minimum atomic E-state index is -0.829. The summed E-state index contributed by atoms with van der Waals surface area (Å²) in [4.78, 5) is 24.4. The Hall–Kier alpha value is -3.64. The van der Waals surface area contributed by atoms with Crippen molar-refractivity contribution in [2.75, 3.05) is 5.32 Å². The molecular weight excluding hydrogens is 518 g/mol. The van der Waals surface area contributed by atoms with Gasteiger partial charge in [-0.2, -0.15) is 0 Å². The van der Waals surface area contributed by atoms with Gasteiger partial charge >= 0.3 is 5.97 Å². The zero-order valence-corrected chi connectivity index (χ0v) is 21.6. The molecule has 0 aromatic heterocycles. The van der Waals surface area contributed by atoms with Crippen molar-refractivity contribution in [1.29, 1.82) is 0 Å². The van der Waals surface area contributed by atoms with E-state index in [0.717, 1.165) is 37.7 Å². The Labute approximate surface area is 219 Å². The number of benzene rings is 4. The van der Waals surface area contributed by atoms with Gasteiger partial charge in [0.1, 0.15) is 12.4 Å². The van der Waals surface area contributed by atoms with E-state index in [1.165, 1.54) is 0 Å². The minimum Gasteiger partial charge on any atom is -0.489 e. The summed E-state index contributed by atoms with van der Waals surface area (Å²) < 4.78 is 6.89. The summed E-state index contributed by atoms with van der Waals surface area (Å²) in [5, 5.41) is 14.3. The lowest BCUT2D eigenvalue weighted by molar-refractivity contribution is -0.137. The number of carbonyl (C=O) groups is 2. The summed E-state index contributed by atoms with van der Waals surface area (Å²) in [6.45, 7) is 2.25. The third-order valence-electron chi connectivity index (χ3n) is 6.17. The molecule has 0 aliphatic carbocycles. The molecule has 5 nitrogen and oxygen atoms in total. The number of hydrogen-bond acceptors (Lipinski definition) is 3. The Morgan fingerprint density at radius 2 is 1.72 bits per heavy atom. The Kier molecular flexibility index (Phi) is 8.39. The summed E-state index contributed by atoms with van der Waals surface area (Å²) in [5.41, 5.74) is 3.47. The van der Waals surface area contributed by atoms with Gasteiger partial charge in [-0.3, -0.25) is 9.59 Å². The molecule has 0 radical (unpaired) electrons. The molecule has 0 aliphatic heterocycles. The molecular formula is C30H28BrNO4. The summed E-state index contributed by atoms with van der Waals surface area (Å²) in [7, 11) is 0. The highest BCUT2D eigenvalue weighted by atomic mass is 79.9. The maximum absolute atomic E-state index is 13.4. The first kappa shape index (κ1) is 25.5. The van der Waals surface area contributed by atoms with Gasteiger partial charge in [0.25, 0.3) is 0 Å². The molecule has 1 amide bonds. The number of hydrogen-bond donors (Lipinski definition) is 2. The number of fused-ring (bicyclic) bond motifs is 1. The van der Waals surface area contributed by atoms with Crippen LogP contribution >= 0.6 is 15.9 Å². The highest BCUT2D eigenvalue weighted by Crippen LogP contribution is 2.28. The van der Waals surface area contributed by atoms with E-state index in [1.54, 1.807) is 0 Å². The molecule has 0 saturated heterocycles. The molecule has 0 aliphatic rings. The van der Waals surface area contributed by atoms with Crippen LogP contribution in [0.5, 0.6) is 5.75 Å². The van der Waals surface area contributed by atoms with Crippen LogP contribution in [0.3, 0.4) is 0 Å². The summed E-state index contributed by atoms with van der Waals surface area (Å²) in [6, 6.07) is 27.5. The average molecular weight is 546 g/mol. The summed E-state index contributed by atoms with van der Waals surface area (Å²) >= 11 is 3.42. The molecule has 6 heteroatoms. The second-order valence-corrected chi connectivity index (χ2v) is 9.68. The predicted octanol–water partition coefficient (Wildman–Crippen LogP) is 7.33. The SMILES string of the molecule is CC(C(=O)Nc1cc(COc2ccc(Br)cc2)ccc1CCCC(=O)O)c1cccc2ccccc12. The van der Waals surface area contributed by atoms with Gasteiger partial charge in [0.05, 0.1) is 5.92 Å². The second-order valence-electron chi connectivity index (χ2n) is 8.76. The number of carbonyl (C=O) groups excluding carboxylic acids is 1. The Morgan fingerprint density at radius 3 is 2.50 bits per heavy atom. The highest BCUT2D eigenvalue weighted by Gasteiger charge is 2.19. The normalized spacial score (nSPS) is 11.7. The minimum absolute atomic E-state index is 0.0776. The molecule has 4 aromatic rings. The molecule has 0 heterocycles. The zero-order chi connectivity index (χ0) is 25.5. The molecule has 2 N–H and O–H groups in total. The van der Waals surface area contributed by atoms with Crippen LogP contribution in [0.15, 0.2) is 89.4 Å². The van der Waals surface area contributed by atoms with Crippen molar-refractivity contribution in [2.45, 2.75) is 38.7 Å². The first-order valence-corrected chi connectivity index (χ1v) is 12.7. The molecule has 0 bridgehead atoms. The van der Waals surface area contributed by atoms with Crippen molar-refractivity contribution < 1.29 is 19.4 Å². The molecule has 0 saturated carbocycles. The maximum Gasteiger partial charge on any atom is 0.303 e. The smallest absolute Gasteiger partial charge is 0.303 e. The molecule has 184 valence electrons. The topological polar surface area (TPSA) is 75.6 Å². The second kappa shape index (κ2) is 11.9. The van der Waals surface area contributed by atoms with Crippen molar-refractivity contribution in [3.05, 3.63) is 106 Å². The molecule has 4 rings (SSSR count). The van der Waals surface area contributed by atoms with Crippen LogP contribution in [0, 0.1) is 0 Å². The van der Waals surface area contributed by atoms with Crippen molar-refractivity contribution in [3.8, 4) is 5.75 Å². The number of anilines is 1. The van der Waals surface area contributed by atoms with E-state index in [2.05, 4.69) is 21.2 Å². The lowest BCUT2D eigenvalue weighted by Gasteiger charge is -2.18. The number of ether oxygens (including phenoxy) is 1. The number of carboxylic acids is 1. The Morgan fingerprint density at radius 1 is 0.972 bits per heavy atom. The van der Waals surface area contributed by atoms with Crippen LogP contribution < -0.4 is 10.1 Å². The fourth-order valence-corrected chi connectivity index (χ4v) is 4.45. The standard InChI is InChI=1S/C30H28BrNO4/c1-20(26-10-4-7-22-6-2-3-9-27(22)26)30(35)32-28-18-21(12-13-23(28)8-5-11-29(33)34)19-36-25-16-14-24(31)15-17-25/h2-4,6-7,9-10,12-18,20H,5,8,11,19H2,1H3,(H,32,35)(H,33,34). The van der Waals surface area contributed by atoms with Gasteiger partial charge in [0.2, 0.25) is 5.91 Å². The van der Waals surface area contributed by atoms with Crippen LogP contribution in [0.2, 0.25) is 0 Å². The number of aliphatic carboxylic acids is 1. The largest absolute Gasteiger partial charge is 0.489 e. The van der Waals surface area contributed by atoms with Crippen molar-refractivity contribution in [3.63, 3.8) is 0 Å². The number of halogens is 1. The molecule has 0 fully saturated rings. The van der Waals surface area contributed by atoms with Crippen LogP contribution in [-0.2, 0) is 22.6 Å². The van der Waals surface area contributed by atoms with Gasteiger partial charge in [0.15, 0.2) is 0 Å². The molecule has 36 heavy (non-hydrogen) atoms. The first-order chi connectivity index (χ1) is 17.4. The predicted molar refractivity (Wildman–Crippen MR) is 146 cm³/mol.